The molecular formula is C13H19N3O2S. The number of carbonyl (C=O) groups is 1. The summed E-state index contributed by atoms with van der Waals surface area (Å²) in [5.41, 5.74) is 6.70. The second-order valence-electron chi connectivity index (χ2n) is 4.72. The molecule has 0 saturated carbocycles. The van der Waals surface area contributed by atoms with Gasteiger partial charge in [-0.1, -0.05) is 5.16 Å². The number of amidine groups is 1. The van der Waals surface area contributed by atoms with Gasteiger partial charge in [0.2, 0.25) is 0 Å². The van der Waals surface area contributed by atoms with Gasteiger partial charge in [0.25, 0.3) is 5.91 Å². The second kappa shape index (κ2) is 6.56. The molecule has 0 saturated heterocycles. The van der Waals surface area contributed by atoms with Crippen LogP contribution in [-0.2, 0) is 12.8 Å². The molecule has 104 valence electrons. The van der Waals surface area contributed by atoms with E-state index in [0.29, 0.717) is 19.4 Å². The number of thiophene rings is 1. The van der Waals surface area contributed by atoms with E-state index in [1.165, 1.54) is 23.3 Å². The first-order chi connectivity index (χ1) is 9.20. The molecule has 0 radical (unpaired) electrons. The molecule has 0 fully saturated rings. The quantitative estimate of drug-likeness (QED) is 0.253. The van der Waals surface area contributed by atoms with Crippen molar-refractivity contribution < 1.29 is 10.0 Å². The number of hydrogen-bond donors (Lipinski definition) is 3. The average molecular weight is 281 g/mol. The maximum atomic E-state index is 12.0. The highest BCUT2D eigenvalue weighted by Crippen LogP contribution is 2.29. The number of nitrogens with two attached hydrogens (primary N) is 1. The number of rotatable bonds is 5. The minimum atomic E-state index is -0.0149. The van der Waals surface area contributed by atoms with Gasteiger partial charge in [0.05, 0.1) is 4.88 Å². The maximum Gasteiger partial charge on any atom is 0.261 e. The first kappa shape index (κ1) is 13.9. The number of aryl methyl sites for hydroxylation is 2. The Hall–Kier alpha value is -1.56. The van der Waals surface area contributed by atoms with Crippen LogP contribution in [-0.4, -0.2) is 23.5 Å². The molecule has 1 aliphatic rings. The van der Waals surface area contributed by atoms with Gasteiger partial charge >= 0.3 is 0 Å². The molecule has 0 bridgehead atoms. The standard InChI is InChI=1S/C13H19N3O2S/c14-12(16-18)6-3-7-15-13(17)11-8-9-4-1-2-5-10(9)19-11/h8,18H,1-7H2,(H2,14,16)(H,15,17). The lowest BCUT2D eigenvalue weighted by Gasteiger charge is -2.08. The van der Waals surface area contributed by atoms with E-state index in [1.807, 2.05) is 6.07 Å². The van der Waals surface area contributed by atoms with Crippen LogP contribution in [0.1, 0.15) is 45.8 Å². The highest BCUT2D eigenvalue weighted by atomic mass is 32.1. The molecule has 5 nitrogen and oxygen atoms in total. The lowest BCUT2D eigenvalue weighted by atomic mass is 9.99. The maximum absolute atomic E-state index is 12.0. The molecule has 0 spiro atoms. The fraction of sp³-hybridized carbons (Fsp3) is 0.538. The van der Waals surface area contributed by atoms with Gasteiger partial charge in [-0.2, -0.15) is 0 Å². The van der Waals surface area contributed by atoms with Crippen LogP contribution in [0, 0.1) is 0 Å². The lowest BCUT2D eigenvalue weighted by Crippen LogP contribution is -2.24. The monoisotopic (exact) mass is 281 g/mol. The SMILES string of the molecule is NC(CCCNC(=O)c1cc2c(s1)CCCC2)=NO. The zero-order valence-electron chi connectivity index (χ0n) is 10.8. The normalized spacial score (nSPS) is 15.1. The average Bonchev–Trinajstić information content (AvgIpc) is 2.87. The van der Waals surface area contributed by atoms with E-state index in [4.69, 9.17) is 10.9 Å². The number of nitrogens with one attached hydrogen (secondary N) is 1. The minimum Gasteiger partial charge on any atom is -0.409 e. The fourth-order valence-electron chi connectivity index (χ4n) is 2.21. The molecule has 0 unspecified atom stereocenters. The zero-order valence-corrected chi connectivity index (χ0v) is 11.6. The van der Waals surface area contributed by atoms with Crippen LogP contribution >= 0.6 is 11.3 Å². The number of hydrogen-bond acceptors (Lipinski definition) is 4. The predicted molar refractivity (Wildman–Crippen MR) is 75.9 cm³/mol. The Balaban J connectivity index is 1.81. The van der Waals surface area contributed by atoms with E-state index in [0.717, 1.165) is 17.7 Å². The van der Waals surface area contributed by atoms with Crippen LogP contribution in [0.3, 0.4) is 0 Å². The highest BCUT2D eigenvalue weighted by molar-refractivity contribution is 7.14. The Bertz CT molecular complexity index is 459. The molecule has 1 aromatic rings. The van der Waals surface area contributed by atoms with Crippen LogP contribution in [0.2, 0.25) is 0 Å². The Morgan fingerprint density at radius 1 is 1.47 bits per heavy atom. The third-order valence-electron chi connectivity index (χ3n) is 3.24. The van der Waals surface area contributed by atoms with Crippen LogP contribution in [0.4, 0.5) is 0 Å². The summed E-state index contributed by atoms with van der Waals surface area (Å²) in [6.45, 7) is 0.539. The van der Waals surface area contributed by atoms with Crippen molar-refractivity contribution in [3.63, 3.8) is 0 Å². The van der Waals surface area contributed by atoms with E-state index in [9.17, 15) is 4.79 Å². The van der Waals surface area contributed by atoms with Gasteiger partial charge in [0.1, 0.15) is 5.84 Å². The van der Waals surface area contributed by atoms with Gasteiger partial charge in [0.15, 0.2) is 0 Å². The highest BCUT2D eigenvalue weighted by Gasteiger charge is 2.16. The van der Waals surface area contributed by atoms with Crippen molar-refractivity contribution in [2.75, 3.05) is 6.54 Å². The lowest BCUT2D eigenvalue weighted by molar-refractivity contribution is 0.0957. The Kier molecular flexibility index (Phi) is 4.79. The molecule has 1 aromatic heterocycles. The van der Waals surface area contributed by atoms with Crippen molar-refractivity contribution in [3.05, 3.63) is 21.4 Å². The van der Waals surface area contributed by atoms with Gasteiger partial charge in [-0.25, -0.2) is 0 Å². The first-order valence-electron chi connectivity index (χ1n) is 6.57. The van der Waals surface area contributed by atoms with Crippen LogP contribution < -0.4 is 11.1 Å². The summed E-state index contributed by atoms with van der Waals surface area (Å²) < 4.78 is 0. The topological polar surface area (TPSA) is 87.7 Å². The van der Waals surface area contributed by atoms with Gasteiger partial charge in [0, 0.05) is 17.8 Å². The van der Waals surface area contributed by atoms with Crippen LogP contribution in [0.5, 0.6) is 0 Å². The smallest absolute Gasteiger partial charge is 0.261 e. The van der Waals surface area contributed by atoms with Gasteiger partial charge in [-0.3, -0.25) is 4.79 Å². The number of oxime groups is 1. The first-order valence-corrected chi connectivity index (χ1v) is 7.38. The molecule has 1 aliphatic carbocycles. The molecule has 1 amide bonds. The van der Waals surface area contributed by atoms with E-state index in [2.05, 4.69) is 10.5 Å². The molecule has 2 rings (SSSR count). The van der Waals surface area contributed by atoms with E-state index < -0.39 is 0 Å². The minimum absolute atomic E-state index is 0.0149. The Morgan fingerprint density at radius 2 is 2.26 bits per heavy atom. The zero-order chi connectivity index (χ0) is 13.7. The number of nitrogens with zero attached hydrogens (tertiary/aromatic N) is 1. The van der Waals surface area contributed by atoms with Crippen LogP contribution in [0.25, 0.3) is 0 Å². The molecule has 1 heterocycles. The second-order valence-corrected chi connectivity index (χ2v) is 5.85. The van der Waals surface area contributed by atoms with Gasteiger partial charge in [-0.15, -0.1) is 11.3 Å². The van der Waals surface area contributed by atoms with E-state index in [-0.39, 0.29) is 11.7 Å². The Morgan fingerprint density at radius 3 is 3.00 bits per heavy atom. The summed E-state index contributed by atoms with van der Waals surface area (Å²) in [6.07, 6.45) is 5.82. The number of amides is 1. The summed E-state index contributed by atoms with van der Waals surface area (Å²) in [5.74, 6) is 0.180. The third kappa shape index (κ3) is 3.70. The molecule has 6 heteroatoms. The number of fused-ring (bicyclic) bond motifs is 1. The van der Waals surface area contributed by atoms with Crippen molar-refractivity contribution in [2.45, 2.75) is 38.5 Å². The van der Waals surface area contributed by atoms with Crippen molar-refractivity contribution in [2.24, 2.45) is 10.9 Å². The van der Waals surface area contributed by atoms with Crippen molar-refractivity contribution in [1.82, 2.24) is 5.32 Å². The summed E-state index contributed by atoms with van der Waals surface area (Å²) in [7, 11) is 0. The summed E-state index contributed by atoms with van der Waals surface area (Å²) in [6, 6.07) is 2.03. The molecule has 0 aliphatic heterocycles. The molecule has 19 heavy (non-hydrogen) atoms. The van der Waals surface area contributed by atoms with E-state index in [1.54, 1.807) is 11.3 Å². The largest absolute Gasteiger partial charge is 0.409 e. The van der Waals surface area contributed by atoms with Crippen molar-refractivity contribution in [1.29, 1.82) is 0 Å². The van der Waals surface area contributed by atoms with Gasteiger partial charge in [-0.05, 0) is 43.7 Å². The molecule has 4 N–H and O–H groups in total. The molecular weight excluding hydrogens is 262 g/mol. The van der Waals surface area contributed by atoms with E-state index >= 15 is 0 Å². The molecule has 0 atom stereocenters. The predicted octanol–water partition coefficient (Wildman–Crippen LogP) is 1.88. The third-order valence-corrected chi connectivity index (χ3v) is 4.48. The Labute approximate surface area is 116 Å². The van der Waals surface area contributed by atoms with Crippen molar-refractivity contribution >= 4 is 23.1 Å². The van der Waals surface area contributed by atoms with Crippen LogP contribution in [0.15, 0.2) is 11.2 Å². The van der Waals surface area contributed by atoms with Gasteiger partial charge < -0.3 is 16.3 Å². The fourth-order valence-corrected chi connectivity index (χ4v) is 3.38. The summed E-state index contributed by atoms with van der Waals surface area (Å²) >= 11 is 1.61. The number of carbonyl (C=O) groups excluding carboxylic acids is 1. The summed E-state index contributed by atoms with van der Waals surface area (Å²) in [5, 5.41) is 14.2. The molecule has 0 aromatic carbocycles. The van der Waals surface area contributed by atoms with Crippen molar-refractivity contribution in [3.8, 4) is 0 Å². The summed E-state index contributed by atoms with van der Waals surface area (Å²) in [4.78, 5) is 14.1.